The first-order valence-corrected chi connectivity index (χ1v) is 6.24. The van der Waals surface area contributed by atoms with Crippen molar-refractivity contribution < 1.29 is 5.21 Å². The van der Waals surface area contributed by atoms with E-state index in [1.54, 1.807) is 6.92 Å². The molecule has 1 aromatic heterocycles. The maximum absolute atomic E-state index is 8.82. The first-order valence-electron chi connectivity index (χ1n) is 6.24. The molecule has 1 heterocycles. The van der Waals surface area contributed by atoms with Crippen molar-refractivity contribution in [2.24, 2.45) is 16.5 Å². The normalized spacial score (nSPS) is 29.5. The average molecular weight is 230 g/mol. The van der Waals surface area contributed by atoms with Crippen LogP contribution < -0.4 is 0 Å². The molecule has 0 unspecified atom stereocenters. The highest BCUT2D eigenvalue weighted by atomic mass is 16.4. The van der Waals surface area contributed by atoms with Crippen LogP contribution in [0.25, 0.3) is 0 Å². The molecule has 0 aliphatic heterocycles. The Labute approximate surface area is 102 Å². The lowest BCUT2D eigenvalue weighted by Gasteiger charge is -2.14. The molecule has 0 saturated heterocycles. The lowest BCUT2D eigenvalue weighted by molar-refractivity contribution is 0.319. The summed E-state index contributed by atoms with van der Waals surface area (Å²) in [6, 6.07) is 4.11. The lowest BCUT2D eigenvalue weighted by atomic mass is 9.95. The highest BCUT2D eigenvalue weighted by molar-refractivity contribution is 5.96. The van der Waals surface area contributed by atoms with Gasteiger partial charge in [-0.05, 0) is 42.7 Å². The summed E-state index contributed by atoms with van der Waals surface area (Å²) in [6.07, 6.45) is 2.43. The fourth-order valence-electron chi connectivity index (χ4n) is 3.37. The number of hydrogen-bond donors (Lipinski definition) is 1. The molecular formula is C14H18N2O. The lowest BCUT2D eigenvalue weighted by Crippen LogP contribution is -2.08. The Bertz CT molecular complexity index is 505. The molecular weight excluding hydrogens is 212 g/mol. The highest BCUT2D eigenvalue weighted by Gasteiger charge is 2.60. The maximum Gasteiger partial charge on any atom is 0.102 e. The van der Waals surface area contributed by atoms with E-state index < -0.39 is 0 Å². The number of nitrogens with zero attached hydrogens (tertiary/aromatic N) is 2. The zero-order valence-corrected chi connectivity index (χ0v) is 10.6. The number of oxime groups is 1. The number of pyridine rings is 1. The summed E-state index contributed by atoms with van der Waals surface area (Å²) in [5.41, 5.74) is 4.42. The Hall–Kier alpha value is -1.38. The van der Waals surface area contributed by atoms with Gasteiger partial charge in [0.1, 0.15) is 5.71 Å². The minimum atomic E-state index is 0.404. The molecule has 0 amide bonds. The summed E-state index contributed by atoms with van der Waals surface area (Å²) in [5, 5.41) is 12.1. The van der Waals surface area contributed by atoms with Gasteiger partial charge in [-0.1, -0.05) is 25.1 Å². The molecule has 1 saturated carbocycles. The van der Waals surface area contributed by atoms with Crippen molar-refractivity contribution >= 4 is 5.71 Å². The van der Waals surface area contributed by atoms with Crippen LogP contribution in [0.1, 0.15) is 50.1 Å². The van der Waals surface area contributed by atoms with Crippen LogP contribution in [-0.2, 0) is 6.42 Å². The van der Waals surface area contributed by atoms with E-state index in [-0.39, 0.29) is 0 Å². The first-order chi connectivity index (χ1) is 8.05. The summed E-state index contributed by atoms with van der Waals surface area (Å²) >= 11 is 0. The van der Waals surface area contributed by atoms with Crippen LogP contribution in [0.4, 0.5) is 0 Å². The number of fused-ring (bicyclic) bond motifs is 3. The summed E-state index contributed by atoms with van der Waals surface area (Å²) in [5.74, 6) is 1.40. The van der Waals surface area contributed by atoms with Gasteiger partial charge >= 0.3 is 0 Å². The summed E-state index contributed by atoms with van der Waals surface area (Å²) in [7, 11) is 0. The van der Waals surface area contributed by atoms with Crippen molar-refractivity contribution in [1.29, 1.82) is 0 Å². The molecule has 90 valence electrons. The first kappa shape index (κ1) is 10.8. The molecule has 3 rings (SSSR count). The quantitative estimate of drug-likeness (QED) is 0.458. The molecule has 17 heavy (non-hydrogen) atoms. The largest absolute Gasteiger partial charge is 0.411 e. The summed E-state index contributed by atoms with van der Waals surface area (Å²) in [4.78, 5) is 4.71. The minimum Gasteiger partial charge on any atom is -0.411 e. The smallest absolute Gasteiger partial charge is 0.102 e. The Morgan fingerprint density at radius 3 is 2.94 bits per heavy atom. The van der Waals surface area contributed by atoms with Crippen LogP contribution in [0.5, 0.6) is 0 Å². The molecule has 2 aliphatic carbocycles. The third-order valence-electron chi connectivity index (χ3n) is 4.60. The molecule has 0 spiro atoms. The van der Waals surface area contributed by atoms with Gasteiger partial charge in [0.2, 0.25) is 0 Å². The second-order valence-electron chi connectivity index (χ2n) is 5.87. The second-order valence-corrected chi connectivity index (χ2v) is 5.87. The predicted octanol–water partition coefficient (Wildman–Crippen LogP) is 2.97. The van der Waals surface area contributed by atoms with Gasteiger partial charge in [0, 0.05) is 11.6 Å². The number of rotatable bonds is 1. The highest BCUT2D eigenvalue weighted by Crippen LogP contribution is 2.68. The van der Waals surface area contributed by atoms with E-state index >= 15 is 0 Å². The van der Waals surface area contributed by atoms with Crippen molar-refractivity contribution in [1.82, 2.24) is 4.98 Å². The number of aromatic nitrogens is 1. The molecule has 2 atom stereocenters. The molecule has 0 radical (unpaired) electrons. The van der Waals surface area contributed by atoms with Crippen LogP contribution in [-0.4, -0.2) is 15.9 Å². The van der Waals surface area contributed by atoms with Gasteiger partial charge in [-0.15, -0.1) is 0 Å². The molecule has 3 nitrogen and oxygen atoms in total. The van der Waals surface area contributed by atoms with E-state index in [1.165, 1.54) is 17.7 Å². The van der Waals surface area contributed by atoms with E-state index in [4.69, 9.17) is 10.2 Å². The van der Waals surface area contributed by atoms with E-state index in [9.17, 15) is 0 Å². The van der Waals surface area contributed by atoms with Crippen LogP contribution >= 0.6 is 0 Å². The average Bonchev–Trinajstić information content (AvgIpc) is 2.91. The van der Waals surface area contributed by atoms with Crippen LogP contribution in [0.3, 0.4) is 0 Å². The summed E-state index contributed by atoms with van der Waals surface area (Å²) < 4.78 is 0. The maximum atomic E-state index is 8.82. The van der Waals surface area contributed by atoms with E-state index in [2.05, 4.69) is 25.1 Å². The molecule has 1 aromatic rings. The van der Waals surface area contributed by atoms with E-state index in [1.807, 2.05) is 6.07 Å². The Balaban J connectivity index is 2.06. The molecule has 3 heteroatoms. The van der Waals surface area contributed by atoms with Gasteiger partial charge in [0.05, 0.1) is 5.69 Å². The zero-order valence-electron chi connectivity index (χ0n) is 10.6. The second kappa shape index (κ2) is 3.31. The fourth-order valence-corrected chi connectivity index (χ4v) is 3.37. The SMILES string of the molecule is C/C(=N\O)c1ccc2c(n1)[C@H]1[C@@H](CC2)C1(C)C. The molecule has 0 bridgehead atoms. The van der Waals surface area contributed by atoms with Gasteiger partial charge in [0.25, 0.3) is 0 Å². The third-order valence-corrected chi connectivity index (χ3v) is 4.60. The van der Waals surface area contributed by atoms with Crippen molar-refractivity contribution in [3.63, 3.8) is 0 Å². The van der Waals surface area contributed by atoms with E-state index in [0.29, 0.717) is 17.0 Å². The van der Waals surface area contributed by atoms with Gasteiger partial charge < -0.3 is 5.21 Å². The van der Waals surface area contributed by atoms with E-state index in [0.717, 1.165) is 18.0 Å². The van der Waals surface area contributed by atoms with Crippen molar-refractivity contribution in [2.75, 3.05) is 0 Å². The Kier molecular flexibility index (Phi) is 2.09. The number of aryl methyl sites for hydroxylation is 1. The molecule has 0 aromatic carbocycles. The standard InChI is InChI=1S/C14H18N2O/c1-8(16-17)11-7-5-9-4-6-10-12(13(9)15-11)14(10,2)3/h5,7,10,12,17H,4,6H2,1-3H3/b16-8+/t10-,12-/m1/s1. The Morgan fingerprint density at radius 2 is 2.24 bits per heavy atom. The zero-order chi connectivity index (χ0) is 12.2. The number of hydrogen-bond acceptors (Lipinski definition) is 3. The summed E-state index contributed by atoms with van der Waals surface area (Å²) in [6.45, 7) is 6.45. The van der Waals surface area contributed by atoms with Gasteiger partial charge in [-0.25, -0.2) is 0 Å². The van der Waals surface area contributed by atoms with Crippen LogP contribution in [0, 0.1) is 11.3 Å². The Morgan fingerprint density at radius 1 is 1.47 bits per heavy atom. The van der Waals surface area contributed by atoms with Crippen molar-refractivity contribution in [3.8, 4) is 0 Å². The van der Waals surface area contributed by atoms with Crippen LogP contribution in [0.2, 0.25) is 0 Å². The van der Waals surface area contributed by atoms with Crippen LogP contribution in [0.15, 0.2) is 17.3 Å². The predicted molar refractivity (Wildman–Crippen MR) is 66.6 cm³/mol. The van der Waals surface area contributed by atoms with Crippen molar-refractivity contribution in [2.45, 2.75) is 39.5 Å². The van der Waals surface area contributed by atoms with Gasteiger partial charge in [-0.2, -0.15) is 0 Å². The minimum absolute atomic E-state index is 0.404. The fraction of sp³-hybridized carbons (Fsp3) is 0.571. The third kappa shape index (κ3) is 1.41. The molecule has 2 aliphatic rings. The van der Waals surface area contributed by atoms with Gasteiger partial charge in [-0.3, -0.25) is 4.98 Å². The van der Waals surface area contributed by atoms with Crippen molar-refractivity contribution in [3.05, 3.63) is 29.1 Å². The molecule has 1 N–H and O–H groups in total. The molecule has 1 fully saturated rings. The topological polar surface area (TPSA) is 45.5 Å². The monoisotopic (exact) mass is 230 g/mol. The van der Waals surface area contributed by atoms with Gasteiger partial charge in [0.15, 0.2) is 0 Å².